The molecule has 6 heteroatoms. The van der Waals surface area contributed by atoms with E-state index < -0.39 is 0 Å². The molecule has 0 aliphatic carbocycles. The Bertz CT molecular complexity index is 884. The minimum Gasteiger partial charge on any atom is -0.355 e. The highest BCUT2D eigenvalue weighted by Crippen LogP contribution is 2.25. The molecule has 0 saturated carbocycles. The zero-order valence-electron chi connectivity index (χ0n) is 18.8. The average Bonchev–Trinajstić information content (AvgIpc) is 2.76. The van der Waals surface area contributed by atoms with Crippen LogP contribution < -0.4 is 10.2 Å². The topological polar surface area (TPSA) is 68.1 Å². The number of anilines is 3. The standard InChI is InChI=1S/C24H34N6/c1-5-9-20-15-23(30-13-8-10-22(17-30)29(6-2)7-3)28-24(26-20)27-21-12-11-18(4)19(14-21)16-25/h11-12,14-15,22H,5-10,13,17H2,1-4H3,(H,26,27,28)/t22-/m0/s1. The summed E-state index contributed by atoms with van der Waals surface area (Å²) in [6, 6.07) is 10.8. The van der Waals surface area contributed by atoms with Crippen LogP contribution in [0, 0.1) is 18.3 Å². The molecule has 1 saturated heterocycles. The van der Waals surface area contributed by atoms with Crippen LogP contribution in [0.2, 0.25) is 0 Å². The molecule has 0 bridgehead atoms. The largest absolute Gasteiger partial charge is 0.355 e. The first-order valence-electron chi connectivity index (χ1n) is 11.2. The summed E-state index contributed by atoms with van der Waals surface area (Å²) in [5, 5.41) is 12.7. The van der Waals surface area contributed by atoms with Gasteiger partial charge in [0.1, 0.15) is 5.82 Å². The second kappa shape index (κ2) is 10.4. The van der Waals surface area contributed by atoms with Gasteiger partial charge < -0.3 is 10.2 Å². The Balaban J connectivity index is 1.86. The maximum atomic E-state index is 9.33. The van der Waals surface area contributed by atoms with E-state index in [1.165, 1.54) is 12.8 Å². The first-order chi connectivity index (χ1) is 14.6. The Morgan fingerprint density at radius 1 is 1.20 bits per heavy atom. The number of hydrogen-bond donors (Lipinski definition) is 1. The Kier molecular flexibility index (Phi) is 7.64. The molecule has 1 aromatic carbocycles. The summed E-state index contributed by atoms with van der Waals surface area (Å²) in [7, 11) is 0. The van der Waals surface area contributed by atoms with Gasteiger partial charge in [0.2, 0.25) is 5.95 Å². The highest BCUT2D eigenvalue weighted by atomic mass is 15.3. The van der Waals surface area contributed by atoms with Crippen molar-refractivity contribution in [1.82, 2.24) is 14.9 Å². The van der Waals surface area contributed by atoms with Gasteiger partial charge in [-0.15, -0.1) is 0 Å². The van der Waals surface area contributed by atoms with Gasteiger partial charge in [0.05, 0.1) is 11.6 Å². The molecule has 3 rings (SSSR count). The van der Waals surface area contributed by atoms with Crippen LogP contribution in [-0.2, 0) is 6.42 Å². The Morgan fingerprint density at radius 3 is 2.70 bits per heavy atom. The Hall–Kier alpha value is -2.65. The van der Waals surface area contributed by atoms with Gasteiger partial charge in [-0.1, -0.05) is 33.3 Å². The number of aromatic nitrogens is 2. The molecular formula is C24H34N6. The number of piperidine rings is 1. The third-order valence-corrected chi connectivity index (χ3v) is 5.94. The summed E-state index contributed by atoms with van der Waals surface area (Å²) in [6.07, 6.45) is 4.40. The van der Waals surface area contributed by atoms with E-state index >= 15 is 0 Å². The van der Waals surface area contributed by atoms with E-state index in [1.54, 1.807) is 0 Å². The van der Waals surface area contributed by atoms with Crippen molar-refractivity contribution in [3.63, 3.8) is 0 Å². The van der Waals surface area contributed by atoms with Gasteiger partial charge >= 0.3 is 0 Å². The molecule has 1 aliphatic heterocycles. The van der Waals surface area contributed by atoms with Gasteiger partial charge in [-0.25, -0.2) is 4.98 Å². The smallest absolute Gasteiger partial charge is 0.229 e. The predicted molar refractivity (Wildman–Crippen MR) is 123 cm³/mol. The fourth-order valence-electron chi connectivity index (χ4n) is 4.24. The summed E-state index contributed by atoms with van der Waals surface area (Å²) >= 11 is 0. The molecule has 30 heavy (non-hydrogen) atoms. The number of nitriles is 1. The van der Waals surface area contributed by atoms with Gasteiger partial charge in [-0.2, -0.15) is 10.2 Å². The van der Waals surface area contributed by atoms with Crippen molar-refractivity contribution in [2.45, 2.75) is 59.4 Å². The summed E-state index contributed by atoms with van der Waals surface area (Å²) in [5.74, 6) is 1.61. The lowest BCUT2D eigenvalue weighted by atomic mass is 10.0. The number of benzene rings is 1. The van der Waals surface area contributed by atoms with Crippen molar-refractivity contribution in [3.05, 3.63) is 41.1 Å². The van der Waals surface area contributed by atoms with Crippen molar-refractivity contribution in [2.24, 2.45) is 0 Å². The molecular weight excluding hydrogens is 372 g/mol. The molecule has 1 fully saturated rings. The number of hydrogen-bond acceptors (Lipinski definition) is 6. The second-order valence-electron chi connectivity index (χ2n) is 8.02. The van der Waals surface area contributed by atoms with Crippen LogP contribution in [0.4, 0.5) is 17.5 Å². The molecule has 2 heterocycles. The molecule has 0 amide bonds. The zero-order chi connectivity index (χ0) is 21.5. The highest BCUT2D eigenvalue weighted by Gasteiger charge is 2.25. The number of nitrogens with zero attached hydrogens (tertiary/aromatic N) is 5. The number of likely N-dealkylation sites (N-methyl/N-ethyl adjacent to an activating group) is 1. The molecule has 0 radical (unpaired) electrons. The van der Waals surface area contributed by atoms with E-state index in [9.17, 15) is 5.26 Å². The maximum Gasteiger partial charge on any atom is 0.229 e. The van der Waals surface area contributed by atoms with Gasteiger partial charge in [-0.05, 0) is 57.0 Å². The molecule has 2 aromatic rings. The normalized spacial score (nSPS) is 16.5. The van der Waals surface area contributed by atoms with E-state index in [0.29, 0.717) is 17.6 Å². The Morgan fingerprint density at radius 2 is 2.00 bits per heavy atom. The molecule has 1 atom stereocenters. The van der Waals surface area contributed by atoms with Crippen LogP contribution >= 0.6 is 0 Å². The van der Waals surface area contributed by atoms with Crippen LogP contribution in [0.5, 0.6) is 0 Å². The van der Waals surface area contributed by atoms with E-state index in [2.05, 4.69) is 48.0 Å². The van der Waals surface area contributed by atoms with E-state index in [0.717, 1.165) is 61.8 Å². The fraction of sp³-hybridized carbons (Fsp3) is 0.542. The van der Waals surface area contributed by atoms with Crippen molar-refractivity contribution < 1.29 is 0 Å². The third-order valence-electron chi connectivity index (χ3n) is 5.94. The van der Waals surface area contributed by atoms with Gasteiger partial charge in [-0.3, -0.25) is 4.90 Å². The minimum atomic E-state index is 0.574. The fourth-order valence-corrected chi connectivity index (χ4v) is 4.24. The lowest BCUT2D eigenvalue weighted by molar-refractivity contribution is 0.193. The molecule has 0 unspecified atom stereocenters. The molecule has 6 nitrogen and oxygen atoms in total. The molecule has 0 spiro atoms. The highest BCUT2D eigenvalue weighted by molar-refractivity contribution is 5.59. The second-order valence-corrected chi connectivity index (χ2v) is 8.02. The van der Waals surface area contributed by atoms with Gasteiger partial charge in [0, 0.05) is 36.6 Å². The van der Waals surface area contributed by atoms with Crippen molar-refractivity contribution in [2.75, 3.05) is 36.4 Å². The van der Waals surface area contributed by atoms with Gasteiger partial charge in [0.15, 0.2) is 0 Å². The van der Waals surface area contributed by atoms with Crippen LogP contribution in [0.3, 0.4) is 0 Å². The van der Waals surface area contributed by atoms with Crippen molar-refractivity contribution in [1.29, 1.82) is 5.26 Å². The van der Waals surface area contributed by atoms with Crippen LogP contribution in [0.25, 0.3) is 0 Å². The number of rotatable bonds is 8. The minimum absolute atomic E-state index is 0.574. The zero-order valence-corrected chi connectivity index (χ0v) is 18.8. The average molecular weight is 407 g/mol. The van der Waals surface area contributed by atoms with Crippen LogP contribution in [0.15, 0.2) is 24.3 Å². The molecule has 1 aliphatic rings. The van der Waals surface area contributed by atoms with Crippen molar-refractivity contribution in [3.8, 4) is 6.07 Å². The van der Waals surface area contributed by atoms with E-state index in [1.807, 2.05) is 25.1 Å². The summed E-state index contributed by atoms with van der Waals surface area (Å²) in [5.41, 5.74) is 3.54. The lowest BCUT2D eigenvalue weighted by Gasteiger charge is -2.39. The number of nitrogens with one attached hydrogen (secondary N) is 1. The van der Waals surface area contributed by atoms with Crippen molar-refractivity contribution >= 4 is 17.5 Å². The SMILES string of the molecule is CCCc1cc(N2CCC[C@H](N(CC)CC)C2)nc(Nc2ccc(C)c(C#N)c2)n1. The quantitative estimate of drug-likeness (QED) is 0.687. The van der Waals surface area contributed by atoms with Crippen LogP contribution in [0.1, 0.15) is 56.9 Å². The number of aryl methyl sites for hydroxylation is 2. The summed E-state index contributed by atoms with van der Waals surface area (Å²) < 4.78 is 0. The van der Waals surface area contributed by atoms with Crippen LogP contribution in [-0.4, -0.2) is 47.1 Å². The summed E-state index contributed by atoms with van der Waals surface area (Å²) in [6.45, 7) is 12.8. The van der Waals surface area contributed by atoms with E-state index in [4.69, 9.17) is 9.97 Å². The van der Waals surface area contributed by atoms with E-state index in [-0.39, 0.29) is 0 Å². The first-order valence-corrected chi connectivity index (χ1v) is 11.2. The molecule has 1 N–H and O–H groups in total. The Labute approximate surface area is 180 Å². The molecule has 1 aromatic heterocycles. The summed E-state index contributed by atoms with van der Waals surface area (Å²) in [4.78, 5) is 14.6. The van der Waals surface area contributed by atoms with Gasteiger partial charge in [0.25, 0.3) is 0 Å². The monoisotopic (exact) mass is 406 g/mol. The maximum absolute atomic E-state index is 9.33. The third kappa shape index (κ3) is 5.28. The molecule has 160 valence electrons. The first kappa shape index (κ1) is 22.0. The predicted octanol–water partition coefficient (Wildman–Crippen LogP) is 4.66. The lowest BCUT2D eigenvalue weighted by Crippen LogP contribution is -2.48.